The monoisotopic (exact) mass is 384 g/mol. The first-order valence-electron chi connectivity index (χ1n) is 7.60. The summed E-state index contributed by atoms with van der Waals surface area (Å²) in [6.45, 7) is 3.87. The Labute approximate surface area is 156 Å². The van der Waals surface area contributed by atoms with Crippen molar-refractivity contribution in [1.82, 2.24) is 5.32 Å². The molecule has 25 heavy (non-hydrogen) atoms. The van der Waals surface area contributed by atoms with Gasteiger partial charge < -0.3 is 15.8 Å². The van der Waals surface area contributed by atoms with E-state index in [1.54, 1.807) is 24.3 Å². The maximum atomic E-state index is 14.1. The van der Waals surface area contributed by atoms with Crippen LogP contribution in [0.25, 0.3) is 0 Å². The second-order valence-electron chi connectivity index (χ2n) is 6.49. The summed E-state index contributed by atoms with van der Waals surface area (Å²) in [4.78, 5) is 12.5. The standard InChI is InChI=1S/C18H18ClFN2O2.ClH/c1-18(2)9-14(12-8-10(21)6-7-15(12)24-18)22-17(23)11-4-3-5-13(19)16(11)20;/h3-8,14H,9,21H2,1-2H3,(H,22,23);1H. The number of nitrogens with one attached hydrogen (secondary N) is 1. The van der Waals surface area contributed by atoms with Crippen molar-refractivity contribution in [2.45, 2.75) is 31.9 Å². The van der Waals surface area contributed by atoms with Gasteiger partial charge in [0.1, 0.15) is 11.4 Å². The quantitative estimate of drug-likeness (QED) is 0.748. The van der Waals surface area contributed by atoms with Crippen molar-refractivity contribution in [2.75, 3.05) is 5.73 Å². The molecule has 3 rings (SSSR count). The number of rotatable bonds is 2. The normalized spacial score (nSPS) is 17.7. The lowest BCUT2D eigenvalue weighted by molar-refractivity contribution is 0.0619. The molecule has 1 atom stereocenters. The number of benzene rings is 2. The number of halogens is 3. The van der Waals surface area contributed by atoms with Crippen molar-refractivity contribution in [1.29, 1.82) is 0 Å². The zero-order chi connectivity index (χ0) is 17.5. The van der Waals surface area contributed by atoms with Gasteiger partial charge >= 0.3 is 0 Å². The molecule has 0 aliphatic carbocycles. The summed E-state index contributed by atoms with van der Waals surface area (Å²) in [6, 6.07) is 9.31. The molecule has 2 aromatic carbocycles. The first-order chi connectivity index (χ1) is 11.3. The molecule has 4 nitrogen and oxygen atoms in total. The van der Waals surface area contributed by atoms with E-state index in [9.17, 15) is 9.18 Å². The molecule has 0 fully saturated rings. The molecule has 2 aromatic rings. The van der Waals surface area contributed by atoms with Gasteiger partial charge in [-0.25, -0.2) is 4.39 Å². The van der Waals surface area contributed by atoms with Crippen LogP contribution in [0.1, 0.15) is 42.2 Å². The SMILES string of the molecule is CC1(C)CC(NC(=O)c2cccc(Cl)c2F)c2cc(N)ccc2O1.Cl. The molecular formula is C18H19Cl2FN2O2. The Kier molecular flexibility index (Phi) is 5.49. The Hall–Kier alpha value is -1.98. The number of ether oxygens (including phenoxy) is 1. The number of fused-ring (bicyclic) bond motifs is 1. The van der Waals surface area contributed by atoms with Crippen molar-refractivity contribution >= 4 is 35.6 Å². The zero-order valence-electron chi connectivity index (χ0n) is 13.8. The predicted molar refractivity (Wildman–Crippen MR) is 99.0 cm³/mol. The molecule has 0 spiro atoms. The molecule has 0 bridgehead atoms. The van der Waals surface area contributed by atoms with Crippen LogP contribution in [0.15, 0.2) is 36.4 Å². The lowest BCUT2D eigenvalue weighted by Crippen LogP contribution is -2.41. The van der Waals surface area contributed by atoms with Crippen LogP contribution in [-0.4, -0.2) is 11.5 Å². The van der Waals surface area contributed by atoms with Gasteiger partial charge in [0, 0.05) is 17.7 Å². The van der Waals surface area contributed by atoms with Crippen molar-refractivity contribution in [2.24, 2.45) is 0 Å². The van der Waals surface area contributed by atoms with Crippen molar-refractivity contribution in [3.8, 4) is 5.75 Å². The molecule has 1 unspecified atom stereocenters. The van der Waals surface area contributed by atoms with Gasteiger partial charge in [0.2, 0.25) is 0 Å². The Morgan fingerprint density at radius 1 is 1.36 bits per heavy atom. The molecular weight excluding hydrogens is 366 g/mol. The topological polar surface area (TPSA) is 64.4 Å². The number of anilines is 1. The van der Waals surface area contributed by atoms with Crippen LogP contribution in [0, 0.1) is 5.82 Å². The van der Waals surface area contributed by atoms with Gasteiger partial charge in [0.15, 0.2) is 5.82 Å². The molecule has 0 radical (unpaired) electrons. The lowest BCUT2D eigenvalue weighted by atomic mass is 9.89. The summed E-state index contributed by atoms with van der Waals surface area (Å²) in [5, 5.41) is 2.79. The number of nitrogen functional groups attached to an aromatic ring is 1. The summed E-state index contributed by atoms with van der Waals surface area (Å²) >= 11 is 5.76. The molecule has 1 aliphatic rings. The van der Waals surface area contributed by atoms with Crippen LogP contribution in [-0.2, 0) is 0 Å². The average Bonchev–Trinajstić information content (AvgIpc) is 2.50. The van der Waals surface area contributed by atoms with E-state index in [0.29, 0.717) is 17.9 Å². The smallest absolute Gasteiger partial charge is 0.254 e. The van der Waals surface area contributed by atoms with Gasteiger partial charge in [-0.05, 0) is 44.2 Å². The minimum absolute atomic E-state index is 0. The number of amides is 1. The molecule has 1 amide bonds. The van der Waals surface area contributed by atoms with Crippen LogP contribution in [0.2, 0.25) is 5.02 Å². The van der Waals surface area contributed by atoms with E-state index in [1.165, 1.54) is 12.1 Å². The third-order valence-corrected chi connectivity index (χ3v) is 4.28. The third kappa shape index (κ3) is 3.99. The Morgan fingerprint density at radius 3 is 2.80 bits per heavy atom. The fourth-order valence-corrected chi connectivity index (χ4v) is 3.09. The molecule has 3 N–H and O–H groups in total. The number of hydrogen-bond donors (Lipinski definition) is 2. The van der Waals surface area contributed by atoms with E-state index < -0.39 is 17.3 Å². The molecule has 0 aromatic heterocycles. The van der Waals surface area contributed by atoms with Gasteiger partial charge in [-0.15, -0.1) is 12.4 Å². The van der Waals surface area contributed by atoms with E-state index >= 15 is 0 Å². The minimum atomic E-state index is -0.726. The highest BCUT2D eigenvalue weighted by atomic mass is 35.5. The maximum Gasteiger partial charge on any atom is 0.254 e. The average molecular weight is 385 g/mol. The second-order valence-corrected chi connectivity index (χ2v) is 6.90. The van der Waals surface area contributed by atoms with E-state index in [0.717, 1.165) is 5.56 Å². The van der Waals surface area contributed by atoms with E-state index in [-0.39, 0.29) is 29.0 Å². The fourth-order valence-electron chi connectivity index (χ4n) is 2.92. The fraction of sp³-hybridized carbons (Fsp3) is 0.278. The highest BCUT2D eigenvalue weighted by Crippen LogP contribution is 2.40. The third-order valence-electron chi connectivity index (χ3n) is 3.99. The van der Waals surface area contributed by atoms with Crippen LogP contribution >= 0.6 is 24.0 Å². The summed E-state index contributed by atoms with van der Waals surface area (Å²) in [5.41, 5.74) is 6.66. The summed E-state index contributed by atoms with van der Waals surface area (Å²) < 4.78 is 20.0. The Morgan fingerprint density at radius 2 is 2.08 bits per heavy atom. The summed E-state index contributed by atoms with van der Waals surface area (Å²) in [5.74, 6) is -0.584. The van der Waals surface area contributed by atoms with Crippen molar-refractivity contribution < 1.29 is 13.9 Å². The first kappa shape index (κ1) is 19.3. The minimum Gasteiger partial charge on any atom is -0.487 e. The molecule has 0 saturated carbocycles. The molecule has 0 saturated heterocycles. The van der Waals surface area contributed by atoms with Crippen molar-refractivity contribution in [3.63, 3.8) is 0 Å². The van der Waals surface area contributed by atoms with E-state index in [2.05, 4.69) is 5.32 Å². The lowest BCUT2D eigenvalue weighted by Gasteiger charge is -2.38. The second kappa shape index (κ2) is 7.10. The van der Waals surface area contributed by atoms with E-state index in [4.69, 9.17) is 22.1 Å². The van der Waals surface area contributed by atoms with Gasteiger partial charge in [-0.2, -0.15) is 0 Å². The maximum absolute atomic E-state index is 14.1. The van der Waals surface area contributed by atoms with Crippen LogP contribution in [0.5, 0.6) is 5.75 Å². The Bertz CT molecular complexity index is 812. The number of nitrogens with two attached hydrogens (primary N) is 1. The van der Waals surface area contributed by atoms with Crippen LogP contribution in [0.3, 0.4) is 0 Å². The number of carbonyl (C=O) groups excluding carboxylic acids is 1. The van der Waals surface area contributed by atoms with Gasteiger partial charge in [0.25, 0.3) is 5.91 Å². The highest BCUT2D eigenvalue weighted by Gasteiger charge is 2.35. The van der Waals surface area contributed by atoms with Crippen LogP contribution < -0.4 is 15.8 Å². The van der Waals surface area contributed by atoms with Crippen LogP contribution in [0.4, 0.5) is 10.1 Å². The first-order valence-corrected chi connectivity index (χ1v) is 7.98. The number of hydrogen-bond acceptors (Lipinski definition) is 3. The molecule has 1 heterocycles. The Balaban J connectivity index is 0.00000225. The van der Waals surface area contributed by atoms with Crippen molar-refractivity contribution in [3.05, 3.63) is 58.4 Å². The number of carbonyl (C=O) groups is 1. The highest BCUT2D eigenvalue weighted by molar-refractivity contribution is 6.31. The van der Waals surface area contributed by atoms with E-state index in [1.807, 2.05) is 13.8 Å². The summed E-state index contributed by atoms with van der Waals surface area (Å²) in [6.07, 6.45) is 0.539. The molecule has 134 valence electrons. The molecule has 7 heteroatoms. The largest absolute Gasteiger partial charge is 0.487 e. The van der Waals surface area contributed by atoms with Gasteiger partial charge in [-0.1, -0.05) is 17.7 Å². The summed E-state index contributed by atoms with van der Waals surface area (Å²) in [7, 11) is 0. The molecule has 1 aliphatic heterocycles. The van der Waals surface area contributed by atoms with Gasteiger partial charge in [0.05, 0.1) is 16.6 Å². The zero-order valence-corrected chi connectivity index (χ0v) is 15.4. The van der Waals surface area contributed by atoms with Gasteiger partial charge in [-0.3, -0.25) is 4.79 Å². The predicted octanol–water partition coefficient (Wildman–Crippen LogP) is 4.52.